The van der Waals surface area contributed by atoms with Gasteiger partial charge in [-0.1, -0.05) is 48.4 Å². The Morgan fingerprint density at radius 2 is 2.00 bits per heavy atom. The van der Waals surface area contributed by atoms with Gasteiger partial charge in [-0.25, -0.2) is 0 Å². The Morgan fingerprint density at radius 3 is 2.56 bits per heavy atom. The van der Waals surface area contributed by atoms with Crippen LogP contribution < -0.4 is 0 Å². The minimum atomic E-state index is 0.432. The minimum Gasteiger partial charge on any atom is -0.0885 e. The molecule has 92 valence electrons. The maximum absolute atomic E-state index is 3.94. The molecule has 0 aliphatic heterocycles. The van der Waals surface area contributed by atoms with Crippen molar-refractivity contribution in [3.8, 4) is 0 Å². The van der Waals surface area contributed by atoms with Crippen molar-refractivity contribution in [2.75, 3.05) is 0 Å². The Hall–Kier alpha value is 0.220. The summed E-state index contributed by atoms with van der Waals surface area (Å²) in [6.07, 6.45) is 9.26. The SMILES string of the molecule is CC1=CC[C@@]2(CC1)[C@H](C)CC[C@H](Br)C2(C)C. The van der Waals surface area contributed by atoms with Crippen LogP contribution in [0.1, 0.15) is 59.8 Å². The fraction of sp³-hybridized carbons (Fsp3) is 0.867. The Balaban J connectivity index is 2.35. The van der Waals surface area contributed by atoms with Gasteiger partial charge in [0.25, 0.3) is 0 Å². The van der Waals surface area contributed by atoms with E-state index in [-0.39, 0.29) is 0 Å². The zero-order chi connectivity index (χ0) is 12.0. The maximum Gasteiger partial charge on any atom is 0.0202 e. The topological polar surface area (TPSA) is 0 Å². The first kappa shape index (κ1) is 12.7. The van der Waals surface area contributed by atoms with Crippen molar-refractivity contribution in [1.82, 2.24) is 0 Å². The summed E-state index contributed by atoms with van der Waals surface area (Å²) in [6, 6.07) is 0. The third-order valence-corrected chi connectivity index (χ3v) is 7.25. The van der Waals surface area contributed by atoms with Gasteiger partial charge in [0.1, 0.15) is 0 Å². The van der Waals surface area contributed by atoms with Gasteiger partial charge < -0.3 is 0 Å². The molecule has 0 heterocycles. The van der Waals surface area contributed by atoms with Crippen LogP contribution in [0.4, 0.5) is 0 Å². The molecule has 1 fully saturated rings. The van der Waals surface area contributed by atoms with Crippen molar-refractivity contribution < 1.29 is 0 Å². The van der Waals surface area contributed by atoms with E-state index in [0.717, 1.165) is 5.92 Å². The van der Waals surface area contributed by atoms with Gasteiger partial charge in [-0.3, -0.25) is 0 Å². The lowest BCUT2D eigenvalue weighted by Crippen LogP contribution is -2.52. The molecule has 3 atom stereocenters. The van der Waals surface area contributed by atoms with Gasteiger partial charge in [-0.15, -0.1) is 0 Å². The van der Waals surface area contributed by atoms with E-state index in [9.17, 15) is 0 Å². The Morgan fingerprint density at radius 1 is 1.31 bits per heavy atom. The summed E-state index contributed by atoms with van der Waals surface area (Å²) < 4.78 is 0. The second-order valence-electron chi connectivity index (χ2n) is 6.58. The third kappa shape index (κ3) is 1.70. The van der Waals surface area contributed by atoms with E-state index in [2.05, 4.69) is 49.7 Å². The second-order valence-corrected chi connectivity index (χ2v) is 7.68. The maximum atomic E-state index is 3.94. The number of allylic oxidation sites excluding steroid dienone is 2. The van der Waals surface area contributed by atoms with Crippen LogP contribution in [0.2, 0.25) is 0 Å². The fourth-order valence-corrected chi connectivity index (χ4v) is 4.71. The smallest absolute Gasteiger partial charge is 0.0202 e. The van der Waals surface area contributed by atoms with Gasteiger partial charge in [0.2, 0.25) is 0 Å². The predicted molar refractivity (Wildman–Crippen MR) is 74.9 cm³/mol. The number of halogens is 1. The molecule has 2 aliphatic rings. The first-order valence-corrected chi connectivity index (χ1v) is 7.61. The lowest BCUT2D eigenvalue weighted by molar-refractivity contribution is -0.0359. The second kappa shape index (κ2) is 4.15. The molecule has 0 unspecified atom stereocenters. The Kier molecular flexibility index (Phi) is 3.29. The molecule has 0 aromatic carbocycles. The van der Waals surface area contributed by atoms with Crippen LogP contribution in [0.3, 0.4) is 0 Å². The summed E-state index contributed by atoms with van der Waals surface area (Å²) in [5.74, 6) is 0.876. The first-order valence-electron chi connectivity index (χ1n) is 6.70. The normalized spacial score (nSPS) is 43.2. The molecule has 1 heteroatoms. The molecule has 0 saturated heterocycles. The zero-order valence-corrected chi connectivity index (χ0v) is 12.7. The van der Waals surface area contributed by atoms with Crippen molar-refractivity contribution in [3.05, 3.63) is 11.6 Å². The van der Waals surface area contributed by atoms with Gasteiger partial charge in [0.15, 0.2) is 0 Å². The monoisotopic (exact) mass is 284 g/mol. The van der Waals surface area contributed by atoms with E-state index in [4.69, 9.17) is 0 Å². The molecule has 0 aromatic heterocycles. The van der Waals surface area contributed by atoms with E-state index in [1.807, 2.05) is 0 Å². The average Bonchev–Trinajstić information content (AvgIpc) is 2.24. The fourth-order valence-electron chi connectivity index (χ4n) is 3.99. The molecule has 1 spiro atoms. The molecule has 0 radical (unpaired) electrons. The lowest BCUT2D eigenvalue weighted by atomic mass is 9.49. The van der Waals surface area contributed by atoms with E-state index in [1.165, 1.54) is 32.1 Å². The first-order chi connectivity index (χ1) is 7.40. The molecule has 16 heavy (non-hydrogen) atoms. The highest BCUT2D eigenvalue weighted by Gasteiger charge is 2.53. The van der Waals surface area contributed by atoms with E-state index < -0.39 is 0 Å². The third-order valence-electron chi connectivity index (χ3n) is 5.64. The quantitative estimate of drug-likeness (QED) is 0.417. The molecule has 0 aromatic rings. The van der Waals surface area contributed by atoms with Gasteiger partial charge in [0, 0.05) is 4.83 Å². The number of hydrogen-bond acceptors (Lipinski definition) is 0. The molecule has 0 bridgehead atoms. The standard InChI is InChI=1S/C15H25Br/c1-11-7-9-15(10-8-11)12(2)5-6-13(16)14(15,3)4/h7,12-13H,5-6,8-10H2,1-4H3/t12-,13+,15-/m1/s1. The van der Waals surface area contributed by atoms with Crippen LogP contribution in [0.5, 0.6) is 0 Å². The average molecular weight is 285 g/mol. The number of alkyl halides is 1. The largest absolute Gasteiger partial charge is 0.0885 e. The molecule has 0 amide bonds. The van der Waals surface area contributed by atoms with Crippen LogP contribution in [-0.4, -0.2) is 4.83 Å². The summed E-state index contributed by atoms with van der Waals surface area (Å²) >= 11 is 3.94. The van der Waals surface area contributed by atoms with E-state index in [0.29, 0.717) is 15.7 Å². The van der Waals surface area contributed by atoms with Crippen molar-refractivity contribution >= 4 is 15.9 Å². The lowest BCUT2D eigenvalue weighted by Gasteiger charge is -2.58. The highest BCUT2D eigenvalue weighted by Crippen LogP contribution is 2.61. The number of hydrogen-bond donors (Lipinski definition) is 0. The van der Waals surface area contributed by atoms with Gasteiger partial charge >= 0.3 is 0 Å². The summed E-state index contributed by atoms with van der Waals surface area (Å²) in [7, 11) is 0. The summed E-state index contributed by atoms with van der Waals surface area (Å²) in [4.78, 5) is 0.697. The predicted octanol–water partition coefficient (Wildman–Crippen LogP) is 5.32. The van der Waals surface area contributed by atoms with Gasteiger partial charge in [-0.2, -0.15) is 0 Å². The molecule has 0 N–H and O–H groups in total. The van der Waals surface area contributed by atoms with Crippen LogP contribution >= 0.6 is 15.9 Å². The van der Waals surface area contributed by atoms with Gasteiger partial charge in [-0.05, 0) is 55.8 Å². The van der Waals surface area contributed by atoms with Crippen molar-refractivity contribution in [2.45, 2.75) is 64.6 Å². The van der Waals surface area contributed by atoms with Gasteiger partial charge in [0.05, 0.1) is 0 Å². The zero-order valence-electron chi connectivity index (χ0n) is 11.1. The highest BCUT2D eigenvalue weighted by molar-refractivity contribution is 9.09. The van der Waals surface area contributed by atoms with E-state index in [1.54, 1.807) is 5.57 Å². The Bertz CT molecular complexity index is 303. The van der Waals surface area contributed by atoms with Crippen LogP contribution in [0.15, 0.2) is 11.6 Å². The molecule has 2 aliphatic carbocycles. The minimum absolute atomic E-state index is 0.432. The van der Waals surface area contributed by atoms with Crippen LogP contribution in [-0.2, 0) is 0 Å². The molecule has 1 saturated carbocycles. The van der Waals surface area contributed by atoms with Crippen LogP contribution in [0.25, 0.3) is 0 Å². The van der Waals surface area contributed by atoms with Crippen molar-refractivity contribution in [1.29, 1.82) is 0 Å². The number of rotatable bonds is 0. The molecule has 2 rings (SSSR count). The Labute approximate surface area is 109 Å². The molecular formula is C15H25Br. The summed E-state index contributed by atoms with van der Waals surface area (Å²) in [6.45, 7) is 9.74. The van der Waals surface area contributed by atoms with Crippen molar-refractivity contribution in [2.24, 2.45) is 16.7 Å². The van der Waals surface area contributed by atoms with Crippen molar-refractivity contribution in [3.63, 3.8) is 0 Å². The molecular weight excluding hydrogens is 260 g/mol. The summed E-state index contributed by atoms with van der Waals surface area (Å²) in [5, 5.41) is 0. The van der Waals surface area contributed by atoms with Crippen LogP contribution in [0, 0.1) is 16.7 Å². The van der Waals surface area contributed by atoms with E-state index >= 15 is 0 Å². The molecule has 0 nitrogen and oxygen atoms in total. The summed E-state index contributed by atoms with van der Waals surface area (Å²) in [5.41, 5.74) is 2.58. The highest BCUT2D eigenvalue weighted by atomic mass is 79.9.